The van der Waals surface area contributed by atoms with Crippen LogP contribution < -0.4 is 14.8 Å². The summed E-state index contributed by atoms with van der Waals surface area (Å²) in [5.74, 6) is -0.340. The van der Waals surface area contributed by atoms with Gasteiger partial charge in [0.15, 0.2) is 18.1 Å². The molecule has 0 aliphatic carbocycles. The van der Waals surface area contributed by atoms with E-state index in [4.69, 9.17) is 25.8 Å². The quantitative estimate of drug-likeness (QED) is 0.560. The minimum Gasteiger partial charge on any atom is -0.454 e. The zero-order valence-electron chi connectivity index (χ0n) is 12.2. The second-order valence-corrected chi connectivity index (χ2v) is 6.48. The molecule has 1 N–H and O–H groups in total. The summed E-state index contributed by atoms with van der Waals surface area (Å²) in [6.07, 6.45) is 0. The summed E-state index contributed by atoms with van der Waals surface area (Å²) >= 11 is 8.15. The Balaban J connectivity index is 1.59. The monoisotopic (exact) mass is 459 g/mol. The van der Waals surface area contributed by atoms with E-state index in [0.29, 0.717) is 17.2 Å². The Hall–Kier alpha value is -2.00. The van der Waals surface area contributed by atoms with Gasteiger partial charge in [-0.3, -0.25) is 4.79 Å². The van der Waals surface area contributed by atoms with Crippen LogP contribution in [0.15, 0.2) is 36.4 Å². The molecule has 1 heterocycles. The van der Waals surface area contributed by atoms with Crippen molar-refractivity contribution >= 4 is 51.8 Å². The SMILES string of the molecule is O=C(COC(=O)c1cc(Cl)c2c(c1)OCO2)Nc1cccc(I)c1. The molecule has 0 saturated heterocycles. The largest absolute Gasteiger partial charge is 0.454 e. The number of fused-ring (bicyclic) bond motifs is 1. The third-order valence-corrected chi connectivity index (χ3v) is 4.06. The van der Waals surface area contributed by atoms with Crippen LogP contribution in [0.3, 0.4) is 0 Å². The van der Waals surface area contributed by atoms with E-state index in [-0.39, 0.29) is 17.4 Å². The van der Waals surface area contributed by atoms with Crippen molar-refractivity contribution in [1.29, 1.82) is 0 Å². The number of hydrogen-bond acceptors (Lipinski definition) is 5. The van der Waals surface area contributed by atoms with E-state index in [1.165, 1.54) is 12.1 Å². The van der Waals surface area contributed by atoms with Gasteiger partial charge >= 0.3 is 5.97 Å². The number of carbonyl (C=O) groups is 2. The normalized spacial score (nSPS) is 11.9. The molecule has 1 aliphatic rings. The first-order valence-electron chi connectivity index (χ1n) is 6.84. The van der Waals surface area contributed by atoms with Crippen LogP contribution in [0.25, 0.3) is 0 Å². The van der Waals surface area contributed by atoms with Gasteiger partial charge in [0.2, 0.25) is 6.79 Å². The summed E-state index contributed by atoms with van der Waals surface area (Å²) in [4.78, 5) is 23.9. The molecule has 0 atom stereocenters. The number of carbonyl (C=O) groups excluding carboxylic acids is 2. The van der Waals surface area contributed by atoms with Crippen LogP contribution >= 0.6 is 34.2 Å². The minimum atomic E-state index is -0.673. The first-order valence-corrected chi connectivity index (χ1v) is 8.30. The second-order valence-electron chi connectivity index (χ2n) is 4.83. The third-order valence-electron chi connectivity index (χ3n) is 3.11. The molecule has 8 heteroatoms. The standard InChI is InChI=1S/C16H11ClINO5/c17-12-4-9(5-13-15(12)24-8-23-13)16(21)22-7-14(20)19-11-3-1-2-10(18)6-11/h1-6H,7-8H2,(H,19,20). The van der Waals surface area contributed by atoms with Crippen LogP contribution in [0.1, 0.15) is 10.4 Å². The molecule has 0 aromatic heterocycles. The van der Waals surface area contributed by atoms with Crippen molar-refractivity contribution in [2.24, 2.45) is 0 Å². The van der Waals surface area contributed by atoms with Gasteiger partial charge in [0.05, 0.1) is 10.6 Å². The molecule has 24 heavy (non-hydrogen) atoms. The molecule has 0 spiro atoms. The topological polar surface area (TPSA) is 73.9 Å². The molecule has 0 bridgehead atoms. The Bertz CT molecular complexity index is 811. The summed E-state index contributed by atoms with van der Waals surface area (Å²) < 4.78 is 16.3. The van der Waals surface area contributed by atoms with Crippen LogP contribution in [0.2, 0.25) is 5.02 Å². The average Bonchev–Trinajstić information content (AvgIpc) is 3.01. The predicted octanol–water partition coefficient (Wildman–Crippen LogP) is 3.47. The average molecular weight is 460 g/mol. The molecule has 3 rings (SSSR count). The maximum absolute atomic E-state index is 12.0. The van der Waals surface area contributed by atoms with Crippen molar-refractivity contribution < 1.29 is 23.8 Å². The van der Waals surface area contributed by atoms with Crippen molar-refractivity contribution in [2.75, 3.05) is 18.7 Å². The van der Waals surface area contributed by atoms with E-state index in [1.807, 2.05) is 12.1 Å². The number of benzene rings is 2. The first kappa shape index (κ1) is 16.8. The summed E-state index contributed by atoms with van der Waals surface area (Å²) in [6.45, 7) is -0.359. The highest BCUT2D eigenvalue weighted by Gasteiger charge is 2.21. The van der Waals surface area contributed by atoms with Crippen molar-refractivity contribution in [2.45, 2.75) is 0 Å². The number of esters is 1. The van der Waals surface area contributed by atoms with E-state index in [1.54, 1.807) is 12.1 Å². The molecular weight excluding hydrogens is 449 g/mol. The van der Waals surface area contributed by atoms with Gasteiger partial charge in [0.1, 0.15) is 0 Å². The Kier molecular flexibility index (Phi) is 5.10. The molecule has 2 aromatic rings. The fourth-order valence-corrected chi connectivity index (χ4v) is 2.87. The lowest BCUT2D eigenvalue weighted by molar-refractivity contribution is -0.119. The summed E-state index contributed by atoms with van der Waals surface area (Å²) in [5, 5.41) is 2.90. The van der Waals surface area contributed by atoms with Gasteiger partial charge in [-0.2, -0.15) is 0 Å². The number of anilines is 1. The lowest BCUT2D eigenvalue weighted by atomic mass is 10.2. The molecule has 1 aliphatic heterocycles. The van der Waals surface area contributed by atoms with Gasteiger partial charge in [0.25, 0.3) is 5.91 Å². The lowest BCUT2D eigenvalue weighted by Crippen LogP contribution is -2.21. The number of ether oxygens (including phenoxy) is 3. The number of nitrogens with one attached hydrogen (secondary N) is 1. The molecule has 0 saturated carbocycles. The smallest absolute Gasteiger partial charge is 0.338 e. The molecular formula is C16H11ClINO5. The van der Waals surface area contributed by atoms with Crippen molar-refractivity contribution in [3.63, 3.8) is 0 Å². The second kappa shape index (κ2) is 7.27. The van der Waals surface area contributed by atoms with E-state index < -0.39 is 18.5 Å². The highest BCUT2D eigenvalue weighted by molar-refractivity contribution is 14.1. The van der Waals surface area contributed by atoms with Crippen molar-refractivity contribution in [1.82, 2.24) is 0 Å². The highest BCUT2D eigenvalue weighted by atomic mass is 127. The molecule has 1 amide bonds. The van der Waals surface area contributed by atoms with E-state index in [0.717, 1.165) is 3.57 Å². The summed E-state index contributed by atoms with van der Waals surface area (Å²) in [7, 11) is 0. The molecule has 0 radical (unpaired) electrons. The molecule has 124 valence electrons. The predicted molar refractivity (Wildman–Crippen MR) is 95.6 cm³/mol. The van der Waals surface area contributed by atoms with Crippen molar-refractivity contribution in [3.8, 4) is 11.5 Å². The molecule has 2 aromatic carbocycles. The van der Waals surface area contributed by atoms with Gasteiger partial charge in [-0.25, -0.2) is 4.79 Å². The maximum atomic E-state index is 12.0. The zero-order chi connectivity index (χ0) is 17.1. The maximum Gasteiger partial charge on any atom is 0.338 e. The lowest BCUT2D eigenvalue weighted by Gasteiger charge is -2.08. The van der Waals surface area contributed by atoms with Crippen LogP contribution in [-0.4, -0.2) is 25.3 Å². The van der Waals surface area contributed by atoms with Gasteiger partial charge in [-0.15, -0.1) is 0 Å². The fourth-order valence-electron chi connectivity index (χ4n) is 2.06. The number of halogens is 2. The Morgan fingerprint density at radius 3 is 2.88 bits per heavy atom. The Morgan fingerprint density at radius 2 is 2.08 bits per heavy atom. The fraction of sp³-hybridized carbons (Fsp3) is 0.125. The Labute approximate surface area is 156 Å². The number of hydrogen-bond donors (Lipinski definition) is 1. The first-order chi connectivity index (χ1) is 11.5. The molecule has 6 nitrogen and oxygen atoms in total. The van der Waals surface area contributed by atoms with Gasteiger partial charge in [-0.05, 0) is 52.9 Å². The molecule has 0 fully saturated rings. The van der Waals surface area contributed by atoms with Gasteiger partial charge in [-0.1, -0.05) is 17.7 Å². The van der Waals surface area contributed by atoms with Crippen LogP contribution in [-0.2, 0) is 9.53 Å². The minimum absolute atomic E-state index is 0.0475. The zero-order valence-corrected chi connectivity index (χ0v) is 15.1. The van der Waals surface area contributed by atoms with E-state index in [2.05, 4.69) is 27.9 Å². The number of amides is 1. The summed E-state index contributed by atoms with van der Waals surface area (Å²) in [5.41, 5.74) is 0.820. The van der Waals surface area contributed by atoms with Crippen LogP contribution in [0.4, 0.5) is 5.69 Å². The Morgan fingerprint density at radius 1 is 1.25 bits per heavy atom. The highest BCUT2D eigenvalue weighted by Crippen LogP contribution is 2.39. The van der Waals surface area contributed by atoms with Gasteiger partial charge in [0, 0.05) is 9.26 Å². The van der Waals surface area contributed by atoms with Crippen LogP contribution in [0, 0.1) is 3.57 Å². The van der Waals surface area contributed by atoms with E-state index in [9.17, 15) is 9.59 Å². The van der Waals surface area contributed by atoms with E-state index >= 15 is 0 Å². The number of rotatable bonds is 4. The summed E-state index contributed by atoms with van der Waals surface area (Å²) in [6, 6.07) is 10.2. The third kappa shape index (κ3) is 3.90. The van der Waals surface area contributed by atoms with Gasteiger partial charge < -0.3 is 19.5 Å². The molecule has 0 unspecified atom stereocenters. The van der Waals surface area contributed by atoms with Crippen molar-refractivity contribution in [3.05, 3.63) is 50.6 Å². The van der Waals surface area contributed by atoms with Crippen LogP contribution in [0.5, 0.6) is 11.5 Å².